The van der Waals surface area contributed by atoms with E-state index in [2.05, 4.69) is 5.32 Å². The molecule has 0 saturated heterocycles. The number of carbonyl (C=O) groups excluding carboxylic acids is 1. The summed E-state index contributed by atoms with van der Waals surface area (Å²) in [5.74, 6) is -0.457. The molecule has 19 heavy (non-hydrogen) atoms. The highest BCUT2D eigenvalue weighted by Crippen LogP contribution is 2.22. The molecule has 6 nitrogen and oxygen atoms in total. The number of aryl methyl sites for hydroxylation is 1. The van der Waals surface area contributed by atoms with Gasteiger partial charge >= 0.3 is 0 Å². The Balaban J connectivity index is 2.72. The normalized spacial score (nSPS) is 11.9. The van der Waals surface area contributed by atoms with Crippen molar-refractivity contribution in [1.29, 1.82) is 0 Å². The molecule has 1 aromatic carbocycles. The number of nitrogens with one attached hydrogen (secondary N) is 1. The second-order valence-electron chi connectivity index (χ2n) is 4.48. The summed E-state index contributed by atoms with van der Waals surface area (Å²) in [6, 6.07) is 4.66. The third-order valence-corrected chi connectivity index (χ3v) is 2.75. The van der Waals surface area contributed by atoms with Gasteiger partial charge in [-0.05, 0) is 32.8 Å². The molecular weight excluding hydrogens is 248 g/mol. The molecule has 0 fully saturated rings. The number of aliphatic hydroxyl groups is 1. The fourth-order valence-electron chi connectivity index (χ4n) is 1.78. The zero-order valence-electron chi connectivity index (χ0n) is 11.0. The largest absolute Gasteiger partial charge is 0.393 e. The number of amides is 1. The van der Waals surface area contributed by atoms with Crippen LogP contribution in [0.3, 0.4) is 0 Å². The van der Waals surface area contributed by atoms with E-state index in [1.165, 1.54) is 6.07 Å². The number of hydrogen-bond acceptors (Lipinski definition) is 4. The van der Waals surface area contributed by atoms with Gasteiger partial charge in [-0.25, -0.2) is 0 Å². The molecule has 1 unspecified atom stereocenters. The molecule has 0 spiro atoms. The first-order valence-corrected chi connectivity index (χ1v) is 6.13. The molecule has 0 bridgehead atoms. The van der Waals surface area contributed by atoms with Crippen molar-refractivity contribution in [2.24, 2.45) is 0 Å². The van der Waals surface area contributed by atoms with E-state index in [0.717, 1.165) is 0 Å². The van der Waals surface area contributed by atoms with Crippen LogP contribution >= 0.6 is 0 Å². The third-order valence-electron chi connectivity index (χ3n) is 2.75. The molecule has 0 radical (unpaired) electrons. The summed E-state index contributed by atoms with van der Waals surface area (Å²) in [5, 5.41) is 22.7. The van der Waals surface area contributed by atoms with E-state index in [-0.39, 0.29) is 11.3 Å². The summed E-state index contributed by atoms with van der Waals surface area (Å²) in [4.78, 5) is 22.3. The number of nitro benzene ring substituents is 1. The van der Waals surface area contributed by atoms with E-state index in [1.807, 2.05) is 0 Å². The average molecular weight is 266 g/mol. The Hall–Kier alpha value is -1.95. The number of benzene rings is 1. The Labute approximate surface area is 111 Å². The van der Waals surface area contributed by atoms with Crippen molar-refractivity contribution in [2.45, 2.75) is 32.8 Å². The van der Waals surface area contributed by atoms with E-state index >= 15 is 0 Å². The molecule has 0 aliphatic carbocycles. The van der Waals surface area contributed by atoms with E-state index in [4.69, 9.17) is 5.11 Å². The van der Waals surface area contributed by atoms with Gasteiger partial charge in [-0.3, -0.25) is 14.9 Å². The predicted octanol–water partition coefficient (Wildman–Crippen LogP) is 1.79. The first kappa shape index (κ1) is 15.1. The van der Waals surface area contributed by atoms with Gasteiger partial charge in [0, 0.05) is 12.1 Å². The molecule has 0 aliphatic heterocycles. The maximum atomic E-state index is 11.9. The minimum Gasteiger partial charge on any atom is -0.393 e. The molecular formula is C13H18N2O4. The Morgan fingerprint density at radius 2 is 2.21 bits per heavy atom. The van der Waals surface area contributed by atoms with E-state index < -0.39 is 16.9 Å². The van der Waals surface area contributed by atoms with Crippen LogP contribution in [-0.4, -0.2) is 28.6 Å². The van der Waals surface area contributed by atoms with Crippen LogP contribution in [0.15, 0.2) is 18.2 Å². The predicted molar refractivity (Wildman–Crippen MR) is 71.1 cm³/mol. The molecule has 104 valence electrons. The van der Waals surface area contributed by atoms with Crippen LogP contribution < -0.4 is 5.32 Å². The van der Waals surface area contributed by atoms with E-state index in [1.54, 1.807) is 26.0 Å². The third kappa shape index (κ3) is 4.33. The Morgan fingerprint density at radius 3 is 2.79 bits per heavy atom. The molecule has 0 heterocycles. The van der Waals surface area contributed by atoms with Crippen LogP contribution in [0.1, 0.15) is 35.7 Å². The maximum Gasteiger partial charge on any atom is 0.285 e. The molecule has 0 saturated carbocycles. The van der Waals surface area contributed by atoms with Crippen LogP contribution in [0.25, 0.3) is 0 Å². The van der Waals surface area contributed by atoms with Crippen LogP contribution in [-0.2, 0) is 0 Å². The smallest absolute Gasteiger partial charge is 0.285 e. The highest BCUT2D eigenvalue weighted by atomic mass is 16.6. The Morgan fingerprint density at radius 1 is 1.53 bits per heavy atom. The van der Waals surface area contributed by atoms with Gasteiger partial charge in [0.2, 0.25) is 0 Å². The van der Waals surface area contributed by atoms with Crippen molar-refractivity contribution >= 4 is 11.6 Å². The summed E-state index contributed by atoms with van der Waals surface area (Å²) in [5.41, 5.74) is 0.374. The fourth-order valence-corrected chi connectivity index (χ4v) is 1.78. The molecule has 1 rings (SSSR count). The van der Waals surface area contributed by atoms with Crippen molar-refractivity contribution in [3.63, 3.8) is 0 Å². The Bertz CT molecular complexity index is 472. The standard InChI is InChI=1S/C13H18N2O4/c1-9-5-3-7-11(12(9)15(18)19)13(17)14-8-4-6-10(2)16/h3,5,7,10,16H,4,6,8H2,1-2H3,(H,14,17). The Kier molecular flexibility index (Phi) is 5.44. The quantitative estimate of drug-likeness (QED) is 0.466. The number of rotatable bonds is 6. The van der Waals surface area contributed by atoms with E-state index in [0.29, 0.717) is 24.9 Å². The summed E-state index contributed by atoms with van der Waals surface area (Å²) in [7, 11) is 0. The van der Waals surface area contributed by atoms with Crippen molar-refractivity contribution in [2.75, 3.05) is 6.54 Å². The summed E-state index contributed by atoms with van der Waals surface area (Å²) < 4.78 is 0. The summed E-state index contributed by atoms with van der Waals surface area (Å²) in [6.45, 7) is 3.66. The zero-order valence-corrected chi connectivity index (χ0v) is 11.0. The van der Waals surface area contributed by atoms with Crippen LogP contribution in [0, 0.1) is 17.0 Å². The van der Waals surface area contributed by atoms with Crippen molar-refractivity contribution < 1.29 is 14.8 Å². The summed E-state index contributed by atoms with van der Waals surface area (Å²) >= 11 is 0. The molecule has 1 aromatic rings. The molecule has 0 aliphatic rings. The van der Waals surface area contributed by atoms with Gasteiger partial charge in [-0.15, -0.1) is 0 Å². The van der Waals surface area contributed by atoms with Gasteiger partial charge in [0.15, 0.2) is 0 Å². The van der Waals surface area contributed by atoms with Gasteiger partial charge in [-0.2, -0.15) is 0 Å². The summed E-state index contributed by atoms with van der Waals surface area (Å²) in [6.07, 6.45) is 0.796. The maximum absolute atomic E-state index is 11.9. The lowest BCUT2D eigenvalue weighted by Crippen LogP contribution is -2.26. The zero-order chi connectivity index (χ0) is 14.4. The van der Waals surface area contributed by atoms with Gasteiger partial charge in [0.05, 0.1) is 11.0 Å². The molecule has 0 aromatic heterocycles. The molecule has 1 atom stereocenters. The number of aliphatic hydroxyl groups excluding tert-OH is 1. The number of carbonyl (C=O) groups is 1. The lowest BCUT2D eigenvalue weighted by Gasteiger charge is -2.08. The van der Waals surface area contributed by atoms with E-state index in [9.17, 15) is 14.9 Å². The van der Waals surface area contributed by atoms with Gasteiger partial charge in [0.1, 0.15) is 5.56 Å². The number of hydrogen-bond donors (Lipinski definition) is 2. The average Bonchev–Trinajstić information content (AvgIpc) is 2.33. The van der Waals surface area contributed by atoms with Crippen molar-refractivity contribution in [3.8, 4) is 0 Å². The SMILES string of the molecule is Cc1cccc(C(=O)NCCCC(C)O)c1[N+](=O)[O-]. The molecule has 1 amide bonds. The number of nitrogens with zero attached hydrogens (tertiary/aromatic N) is 1. The highest BCUT2D eigenvalue weighted by molar-refractivity contribution is 5.98. The minimum atomic E-state index is -0.542. The number of nitro groups is 1. The monoisotopic (exact) mass is 266 g/mol. The lowest BCUT2D eigenvalue weighted by molar-refractivity contribution is -0.385. The van der Waals surface area contributed by atoms with Gasteiger partial charge in [0.25, 0.3) is 11.6 Å². The second kappa shape index (κ2) is 6.84. The van der Waals surface area contributed by atoms with Crippen LogP contribution in [0.5, 0.6) is 0 Å². The first-order chi connectivity index (χ1) is 8.93. The second-order valence-corrected chi connectivity index (χ2v) is 4.48. The fraction of sp³-hybridized carbons (Fsp3) is 0.462. The van der Waals surface area contributed by atoms with Crippen LogP contribution in [0.2, 0.25) is 0 Å². The molecule has 2 N–H and O–H groups in total. The van der Waals surface area contributed by atoms with Crippen molar-refractivity contribution in [3.05, 3.63) is 39.4 Å². The number of para-hydroxylation sites is 1. The van der Waals surface area contributed by atoms with Crippen LogP contribution in [0.4, 0.5) is 5.69 Å². The minimum absolute atomic E-state index is 0.0713. The topological polar surface area (TPSA) is 92.5 Å². The lowest BCUT2D eigenvalue weighted by atomic mass is 10.1. The van der Waals surface area contributed by atoms with Gasteiger partial charge in [-0.1, -0.05) is 12.1 Å². The molecule has 6 heteroatoms. The van der Waals surface area contributed by atoms with Gasteiger partial charge < -0.3 is 10.4 Å². The highest BCUT2D eigenvalue weighted by Gasteiger charge is 2.21. The first-order valence-electron chi connectivity index (χ1n) is 6.13. The van der Waals surface area contributed by atoms with Crippen molar-refractivity contribution in [1.82, 2.24) is 5.32 Å².